The Balaban J connectivity index is 1.45. The molecule has 0 aliphatic carbocycles. The molecular formula is C18H18ClN5OS. The van der Waals surface area contributed by atoms with Gasteiger partial charge in [-0.15, -0.1) is 11.3 Å². The summed E-state index contributed by atoms with van der Waals surface area (Å²) in [6.07, 6.45) is 3.38. The van der Waals surface area contributed by atoms with Crippen LogP contribution < -0.4 is 10.6 Å². The molecule has 1 aromatic carbocycles. The number of hydrogen-bond acceptors (Lipinski definition) is 5. The van der Waals surface area contributed by atoms with Crippen LogP contribution in [0.25, 0.3) is 0 Å². The van der Waals surface area contributed by atoms with Crippen LogP contribution in [0.2, 0.25) is 5.02 Å². The summed E-state index contributed by atoms with van der Waals surface area (Å²) in [7, 11) is 0. The third kappa shape index (κ3) is 3.51. The number of nitrogens with one attached hydrogen (secondary N) is 3. The normalized spacial score (nSPS) is 13.5. The molecule has 3 N–H and O–H groups in total. The molecule has 0 saturated heterocycles. The van der Waals surface area contributed by atoms with Crippen molar-refractivity contribution >= 4 is 34.0 Å². The molecule has 0 fully saturated rings. The van der Waals surface area contributed by atoms with Crippen LogP contribution in [-0.4, -0.2) is 27.6 Å². The van der Waals surface area contributed by atoms with Crippen molar-refractivity contribution < 1.29 is 4.79 Å². The molecule has 2 aromatic heterocycles. The highest BCUT2D eigenvalue weighted by molar-refractivity contribution is 7.15. The van der Waals surface area contributed by atoms with Gasteiger partial charge in [0.1, 0.15) is 0 Å². The van der Waals surface area contributed by atoms with Crippen molar-refractivity contribution in [3.05, 3.63) is 62.4 Å². The van der Waals surface area contributed by atoms with E-state index in [0.29, 0.717) is 17.4 Å². The maximum Gasteiger partial charge on any atom is 0.278 e. The van der Waals surface area contributed by atoms with Gasteiger partial charge < -0.3 is 5.32 Å². The van der Waals surface area contributed by atoms with E-state index in [1.54, 1.807) is 6.20 Å². The summed E-state index contributed by atoms with van der Waals surface area (Å²) in [6, 6.07) is 6.04. The molecule has 3 aromatic rings. The van der Waals surface area contributed by atoms with Crippen molar-refractivity contribution in [2.75, 3.05) is 11.9 Å². The molecule has 0 atom stereocenters. The molecule has 0 radical (unpaired) electrons. The lowest BCUT2D eigenvalue weighted by Gasteiger charge is -2.12. The van der Waals surface area contributed by atoms with Gasteiger partial charge in [0.2, 0.25) is 0 Å². The summed E-state index contributed by atoms with van der Waals surface area (Å²) in [5.41, 5.74) is 4.60. The molecule has 1 aliphatic heterocycles. The Morgan fingerprint density at radius 1 is 1.42 bits per heavy atom. The molecule has 3 heterocycles. The van der Waals surface area contributed by atoms with Crippen LogP contribution in [-0.2, 0) is 19.4 Å². The number of aryl methyl sites for hydroxylation is 1. The topological polar surface area (TPSA) is 82.7 Å². The highest BCUT2D eigenvalue weighted by Gasteiger charge is 2.22. The number of aromatic amines is 1. The Morgan fingerprint density at radius 3 is 3.15 bits per heavy atom. The van der Waals surface area contributed by atoms with Crippen LogP contribution >= 0.6 is 22.9 Å². The summed E-state index contributed by atoms with van der Waals surface area (Å²) in [4.78, 5) is 17.9. The Bertz CT molecular complexity index is 964. The maximum absolute atomic E-state index is 12.5. The quantitative estimate of drug-likeness (QED) is 0.641. The Morgan fingerprint density at radius 2 is 2.31 bits per heavy atom. The fraction of sp³-hybridized carbons (Fsp3) is 0.278. The summed E-state index contributed by atoms with van der Waals surface area (Å²) in [5, 5.41) is 14.6. The third-order valence-electron chi connectivity index (χ3n) is 4.41. The number of nitrogens with zero attached hydrogens (tertiary/aromatic N) is 2. The number of benzene rings is 1. The number of carbonyl (C=O) groups excluding carboxylic acids is 1. The molecule has 1 aliphatic rings. The van der Waals surface area contributed by atoms with Gasteiger partial charge in [-0.25, -0.2) is 4.98 Å². The lowest BCUT2D eigenvalue weighted by atomic mass is 10.1. The van der Waals surface area contributed by atoms with Crippen molar-refractivity contribution in [3.8, 4) is 0 Å². The average molecular weight is 388 g/mol. The van der Waals surface area contributed by atoms with Gasteiger partial charge in [0, 0.05) is 53.3 Å². The SMILES string of the molecule is Cc1ccc(Cc2cnc(NC(=O)c3n[nH]c4c3CNCC4)s2)cc1Cl. The van der Waals surface area contributed by atoms with Crippen LogP contribution in [0.5, 0.6) is 0 Å². The van der Waals surface area contributed by atoms with Crippen molar-refractivity contribution in [1.29, 1.82) is 0 Å². The number of anilines is 1. The van der Waals surface area contributed by atoms with Crippen LogP contribution in [0.4, 0.5) is 5.13 Å². The fourth-order valence-corrected chi connectivity index (χ4v) is 4.01. The van der Waals surface area contributed by atoms with E-state index in [1.165, 1.54) is 11.3 Å². The molecule has 26 heavy (non-hydrogen) atoms. The summed E-state index contributed by atoms with van der Waals surface area (Å²) < 4.78 is 0. The van der Waals surface area contributed by atoms with Gasteiger partial charge in [0.15, 0.2) is 10.8 Å². The first-order valence-electron chi connectivity index (χ1n) is 8.38. The van der Waals surface area contributed by atoms with Gasteiger partial charge in [-0.1, -0.05) is 23.7 Å². The summed E-state index contributed by atoms with van der Waals surface area (Å²) in [6.45, 7) is 3.54. The van der Waals surface area contributed by atoms with E-state index in [1.807, 2.05) is 19.1 Å². The van der Waals surface area contributed by atoms with E-state index in [9.17, 15) is 4.79 Å². The number of hydrogen-bond donors (Lipinski definition) is 3. The van der Waals surface area contributed by atoms with E-state index in [-0.39, 0.29) is 5.91 Å². The highest BCUT2D eigenvalue weighted by Crippen LogP contribution is 2.25. The van der Waals surface area contributed by atoms with Crippen LogP contribution in [0.1, 0.15) is 37.7 Å². The van der Waals surface area contributed by atoms with Crippen molar-refractivity contribution in [3.63, 3.8) is 0 Å². The minimum absolute atomic E-state index is 0.231. The predicted molar refractivity (Wildman–Crippen MR) is 103 cm³/mol. The number of H-pyrrole nitrogens is 1. The zero-order valence-electron chi connectivity index (χ0n) is 14.2. The van der Waals surface area contributed by atoms with Gasteiger partial charge in [0.05, 0.1) is 0 Å². The van der Waals surface area contributed by atoms with E-state index < -0.39 is 0 Å². The fourth-order valence-electron chi connectivity index (χ4n) is 2.96. The number of rotatable bonds is 4. The van der Waals surface area contributed by atoms with Crippen molar-refractivity contribution in [2.24, 2.45) is 0 Å². The second-order valence-corrected chi connectivity index (χ2v) is 7.82. The van der Waals surface area contributed by atoms with Gasteiger partial charge in [-0.2, -0.15) is 5.10 Å². The number of amides is 1. The van der Waals surface area contributed by atoms with Gasteiger partial charge in [-0.05, 0) is 24.1 Å². The first-order valence-corrected chi connectivity index (χ1v) is 9.57. The Kier molecular flexibility index (Phi) is 4.76. The standard InChI is InChI=1S/C18H18ClN5OS/c1-10-2-3-11(7-14(10)19)6-12-8-21-18(26-12)22-17(25)16-13-9-20-5-4-15(13)23-24-16/h2-3,7-8,20H,4-6,9H2,1H3,(H,23,24)(H,21,22,25). The molecule has 1 amide bonds. The molecule has 0 spiro atoms. The predicted octanol–water partition coefficient (Wildman–Crippen LogP) is 3.32. The molecule has 0 unspecified atom stereocenters. The lowest BCUT2D eigenvalue weighted by Crippen LogP contribution is -2.25. The number of thiazole rings is 1. The summed E-state index contributed by atoms with van der Waals surface area (Å²) >= 11 is 7.65. The van der Waals surface area contributed by atoms with Gasteiger partial charge in [-0.3, -0.25) is 15.2 Å². The third-order valence-corrected chi connectivity index (χ3v) is 5.73. The van der Waals surface area contributed by atoms with E-state index in [0.717, 1.165) is 51.7 Å². The van der Waals surface area contributed by atoms with Gasteiger partial charge >= 0.3 is 0 Å². The van der Waals surface area contributed by atoms with Crippen molar-refractivity contribution in [2.45, 2.75) is 26.3 Å². The molecule has 8 heteroatoms. The van der Waals surface area contributed by atoms with E-state index in [4.69, 9.17) is 11.6 Å². The number of carbonyl (C=O) groups is 1. The maximum atomic E-state index is 12.5. The largest absolute Gasteiger partial charge is 0.312 e. The van der Waals surface area contributed by atoms with Crippen LogP contribution in [0, 0.1) is 6.92 Å². The number of fused-ring (bicyclic) bond motifs is 1. The molecule has 0 saturated carbocycles. The van der Waals surface area contributed by atoms with E-state index in [2.05, 4.69) is 31.9 Å². The van der Waals surface area contributed by atoms with Gasteiger partial charge in [0.25, 0.3) is 5.91 Å². The zero-order valence-corrected chi connectivity index (χ0v) is 15.8. The first-order chi connectivity index (χ1) is 12.6. The van der Waals surface area contributed by atoms with Crippen LogP contribution in [0.3, 0.4) is 0 Å². The molecular weight excluding hydrogens is 370 g/mol. The zero-order chi connectivity index (χ0) is 18.1. The summed E-state index contributed by atoms with van der Waals surface area (Å²) in [5.74, 6) is -0.231. The molecule has 0 bridgehead atoms. The monoisotopic (exact) mass is 387 g/mol. The first kappa shape index (κ1) is 17.2. The van der Waals surface area contributed by atoms with E-state index >= 15 is 0 Å². The van der Waals surface area contributed by atoms with Crippen molar-refractivity contribution in [1.82, 2.24) is 20.5 Å². The second kappa shape index (κ2) is 7.19. The lowest BCUT2D eigenvalue weighted by molar-refractivity contribution is 0.102. The number of aromatic nitrogens is 3. The minimum atomic E-state index is -0.231. The minimum Gasteiger partial charge on any atom is -0.312 e. The second-order valence-electron chi connectivity index (χ2n) is 6.30. The average Bonchev–Trinajstić information content (AvgIpc) is 3.25. The number of halogens is 1. The highest BCUT2D eigenvalue weighted by atomic mass is 35.5. The Hall–Kier alpha value is -2.22. The molecule has 134 valence electrons. The smallest absolute Gasteiger partial charge is 0.278 e. The molecule has 4 rings (SSSR count). The Labute approximate surface area is 160 Å². The van der Waals surface area contributed by atoms with Crippen LogP contribution in [0.15, 0.2) is 24.4 Å². The molecule has 6 nitrogen and oxygen atoms in total.